The van der Waals surface area contributed by atoms with Crippen LogP contribution in [0.5, 0.6) is 0 Å². The van der Waals surface area contributed by atoms with Crippen LogP contribution in [-0.4, -0.2) is 5.91 Å². The number of hydrogen-bond donors (Lipinski definition) is 1. The standard InChI is InChI=1S/C14H7Cl3N2O/c15-10-5-11(16)13(12(17)6-10)19-14(20)9-3-1-2-8(4-9)7-18/h1-6H,(H,19,20). The normalized spacial score (nSPS) is 9.90. The summed E-state index contributed by atoms with van der Waals surface area (Å²) in [7, 11) is 0. The molecule has 1 N–H and O–H groups in total. The molecule has 0 fully saturated rings. The van der Waals surface area contributed by atoms with Gasteiger partial charge in [-0.1, -0.05) is 40.9 Å². The molecule has 0 aliphatic heterocycles. The van der Waals surface area contributed by atoms with Gasteiger partial charge in [-0.3, -0.25) is 4.79 Å². The molecule has 0 saturated heterocycles. The summed E-state index contributed by atoms with van der Waals surface area (Å²) in [5, 5.41) is 12.3. The molecule has 2 aromatic rings. The van der Waals surface area contributed by atoms with Crippen LogP contribution >= 0.6 is 34.8 Å². The minimum atomic E-state index is -0.409. The van der Waals surface area contributed by atoms with Crippen LogP contribution in [-0.2, 0) is 0 Å². The molecule has 0 heterocycles. The number of rotatable bonds is 2. The molecule has 0 aromatic heterocycles. The molecule has 1 amide bonds. The van der Waals surface area contributed by atoms with Crippen molar-refractivity contribution in [3.63, 3.8) is 0 Å². The Labute approximate surface area is 130 Å². The lowest BCUT2D eigenvalue weighted by atomic mass is 10.1. The molecule has 0 unspecified atom stereocenters. The maximum Gasteiger partial charge on any atom is 0.255 e. The zero-order chi connectivity index (χ0) is 14.7. The summed E-state index contributed by atoms with van der Waals surface area (Å²) in [5.41, 5.74) is 1.02. The molecule has 2 rings (SSSR count). The number of carbonyl (C=O) groups excluding carboxylic acids is 1. The topological polar surface area (TPSA) is 52.9 Å². The van der Waals surface area contributed by atoms with Gasteiger partial charge in [0, 0.05) is 10.6 Å². The fourth-order valence-corrected chi connectivity index (χ4v) is 2.49. The Morgan fingerprint density at radius 1 is 1.10 bits per heavy atom. The fourth-order valence-electron chi connectivity index (χ4n) is 1.58. The van der Waals surface area contributed by atoms with Crippen LogP contribution in [0.25, 0.3) is 0 Å². The molecule has 0 aliphatic carbocycles. The Morgan fingerprint density at radius 2 is 1.75 bits per heavy atom. The second kappa shape index (κ2) is 6.15. The first-order valence-corrected chi connectivity index (χ1v) is 6.60. The number of anilines is 1. The molecular formula is C14H7Cl3N2O. The summed E-state index contributed by atoms with van der Waals surface area (Å²) >= 11 is 17.8. The SMILES string of the molecule is N#Cc1cccc(C(=O)Nc2c(Cl)cc(Cl)cc2Cl)c1. The van der Waals surface area contributed by atoms with E-state index in [1.54, 1.807) is 18.2 Å². The fraction of sp³-hybridized carbons (Fsp3) is 0. The number of nitrogens with zero attached hydrogens (tertiary/aromatic N) is 1. The van der Waals surface area contributed by atoms with Crippen LogP contribution < -0.4 is 5.32 Å². The first kappa shape index (κ1) is 14.7. The average molecular weight is 326 g/mol. The number of halogens is 3. The average Bonchev–Trinajstić information content (AvgIpc) is 2.42. The number of nitriles is 1. The van der Waals surface area contributed by atoms with Gasteiger partial charge in [0.2, 0.25) is 0 Å². The van der Waals surface area contributed by atoms with Crippen molar-refractivity contribution < 1.29 is 4.79 Å². The summed E-state index contributed by atoms with van der Waals surface area (Å²) < 4.78 is 0. The lowest BCUT2D eigenvalue weighted by molar-refractivity contribution is 0.102. The van der Waals surface area contributed by atoms with Crippen LogP contribution in [0.15, 0.2) is 36.4 Å². The lowest BCUT2D eigenvalue weighted by Crippen LogP contribution is -2.12. The van der Waals surface area contributed by atoms with Gasteiger partial charge >= 0.3 is 0 Å². The zero-order valence-electron chi connectivity index (χ0n) is 9.95. The third-order valence-electron chi connectivity index (χ3n) is 2.50. The Bertz CT molecular complexity index is 700. The summed E-state index contributed by atoms with van der Waals surface area (Å²) in [5.74, 6) is -0.409. The monoisotopic (exact) mass is 324 g/mol. The van der Waals surface area contributed by atoms with Crippen LogP contribution in [0.1, 0.15) is 15.9 Å². The van der Waals surface area contributed by atoms with Crippen molar-refractivity contribution in [2.75, 3.05) is 5.32 Å². The molecule has 0 spiro atoms. The Kier molecular flexibility index (Phi) is 4.51. The van der Waals surface area contributed by atoms with Crippen molar-refractivity contribution >= 4 is 46.4 Å². The highest BCUT2D eigenvalue weighted by atomic mass is 35.5. The first-order valence-electron chi connectivity index (χ1n) is 5.47. The maximum absolute atomic E-state index is 12.1. The highest BCUT2D eigenvalue weighted by Crippen LogP contribution is 2.33. The smallest absolute Gasteiger partial charge is 0.255 e. The number of carbonyl (C=O) groups is 1. The van der Waals surface area contributed by atoms with Crippen LogP contribution in [0.2, 0.25) is 15.1 Å². The molecule has 3 nitrogen and oxygen atoms in total. The van der Waals surface area contributed by atoms with E-state index in [0.29, 0.717) is 16.1 Å². The van der Waals surface area contributed by atoms with Crippen molar-refractivity contribution in [1.29, 1.82) is 5.26 Å². The quantitative estimate of drug-likeness (QED) is 0.864. The first-order chi connectivity index (χ1) is 9.51. The third-order valence-corrected chi connectivity index (χ3v) is 3.31. The summed E-state index contributed by atoms with van der Waals surface area (Å²) in [6.07, 6.45) is 0. The van der Waals surface area contributed by atoms with E-state index in [1.165, 1.54) is 18.2 Å². The maximum atomic E-state index is 12.1. The van der Waals surface area contributed by atoms with Crippen molar-refractivity contribution in [1.82, 2.24) is 0 Å². The van der Waals surface area contributed by atoms with Gasteiger partial charge in [-0.2, -0.15) is 5.26 Å². The molecule has 0 saturated carbocycles. The minimum Gasteiger partial charge on any atom is -0.319 e. The number of amides is 1. The molecule has 2 aromatic carbocycles. The largest absolute Gasteiger partial charge is 0.319 e. The molecule has 0 radical (unpaired) electrons. The van der Waals surface area contributed by atoms with Crippen molar-refractivity contribution in [3.05, 3.63) is 62.6 Å². The van der Waals surface area contributed by atoms with Crippen LogP contribution in [0.4, 0.5) is 5.69 Å². The summed E-state index contributed by atoms with van der Waals surface area (Å²) in [6.45, 7) is 0. The highest BCUT2D eigenvalue weighted by molar-refractivity contribution is 6.42. The van der Waals surface area contributed by atoms with Crippen LogP contribution in [0.3, 0.4) is 0 Å². The Hall–Kier alpha value is -1.73. The zero-order valence-corrected chi connectivity index (χ0v) is 12.2. The van der Waals surface area contributed by atoms with Gasteiger partial charge in [-0.05, 0) is 30.3 Å². The van der Waals surface area contributed by atoms with E-state index in [4.69, 9.17) is 40.1 Å². The van der Waals surface area contributed by atoms with E-state index in [9.17, 15) is 4.79 Å². The Morgan fingerprint density at radius 3 is 2.35 bits per heavy atom. The second-order valence-electron chi connectivity index (χ2n) is 3.89. The number of benzene rings is 2. The van der Waals surface area contributed by atoms with Crippen molar-refractivity contribution in [2.24, 2.45) is 0 Å². The molecule has 6 heteroatoms. The molecule has 0 atom stereocenters. The van der Waals surface area contributed by atoms with Crippen molar-refractivity contribution in [3.8, 4) is 6.07 Å². The van der Waals surface area contributed by atoms with Gasteiger partial charge in [0.25, 0.3) is 5.91 Å². The molecule has 100 valence electrons. The lowest BCUT2D eigenvalue weighted by Gasteiger charge is -2.10. The number of nitrogens with one attached hydrogen (secondary N) is 1. The van der Waals surface area contributed by atoms with Crippen molar-refractivity contribution in [2.45, 2.75) is 0 Å². The number of hydrogen-bond acceptors (Lipinski definition) is 2. The molecule has 0 bridgehead atoms. The van der Waals surface area contributed by atoms with E-state index in [-0.39, 0.29) is 15.7 Å². The van der Waals surface area contributed by atoms with E-state index < -0.39 is 5.91 Å². The van der Waals surface area contributed by atoms with Gasteiger partial charge < -0.3 is 5.32 Å². The van der Waals surface area contributed by atoms with Gasteiger partial charge in [0.05, 0.1) is 27.4 Å². The third kappa shape index (κ3) is 3.23. The van der Waals surface area contributed by atoms with Gasteiger partial charge in [-0.15, -0.1) is 0 Å². The van der Waals surface area contributed by atoms with E-state index in [2.05, 4.69) is 5.32 Å². The molecule has 0 aliphatic rings. The minimum absolute atomic E-state index is 0.243. The van der Waals surface area contributed by atoms with Gasteiger partial charge in [0.1, 0.15) is 0 Å². The molecule has 20 heavy (non-hydrogen) atoms. The predicted molar refractivity (Wildman–Crippen MR) is 80.6 cm³/mol. The van der Waals surface area contributed by atoms with Gasteiger partial charge in [0.15, 0.2) is 0 Å². The molecular weight excluding hydrogens is 319 g/mol. The second-order valence-corrected chi connectivity index (χ2v) is 5.14. The Balaban J connectivity index is 2.31. The highest BCUT2D eigenvalue weighted by Gasteiger charge is 2.13. The predicted octanol–water partition coefficient (Wildman–Crippen LogP) is 4.77. The summed E-state index contributed by atoms with van der Waals surface area (Å²) in [4.78, 5) is 12.1. The van der Waals surface area contributed by atoms with E-state index in [1.807, 2.05) is 6.07 Å². The van der Waals surface area contributed by atoms with E-state index >= 15 is 0 Å². The van der Waals surface area contributed by atoms with E-state index in [0.717, 1.165) is 0 Å². The summed E-state index contributed by atoms with van der Waals surface area (Å²) in [6, 6.07) is 11.2. The van der Waals surface area contributed by atoms with Gasteiger partial charge in [-0.25, -0.2) is 0 Å². The van der Waals surface area contributed by atoms with Crippen LogP contribution in [0, 0.1) is 11.3 Å².